The molecule has 0 aliphatic rings. The summed E-state index contributed by atoms with van der Waals surface area (Å²) in [6.45, 7) is 0.251. The number of nitrogen functional groups attached to an aromatic ring is 1. The van der Waals surface area contributed by atoms with Gasteiger partial charge in [0.1, 0.15) is 6.61 Å². The van der Waals surface area contributed by atoms with E-state index in [1.807, 2.05) is 6.26 Å². The Morgan fingerprint density at radius 3 is 2.81 bits per heavy atom. The second kappa shape index (κ2) is 6.50. The average Bonchev–Trinajstić information content (AvgIpc) is 2.27. The number of nitrogens with two attached hydrogens (primary N) is 1. The molecule has 4 nitrogen and oxygen atoms in total. The first-order chi connectivity index (χ1) is 7.67. The summed E-state index contributed by atoms with van der Waals surface area (Å²) < 4.78 is 10.6. The smallest absolute Gasteiger partial charge is 0.162 e. The molecule has 0 saturated heterocycles. The first-order valence-electron chi connectivity index (χ1n) is 4.90. The van der Waals surface area contributed by atoms with Crippen LogP contribution in [0.1, 0.15) is 0 Å². The van der Waals surface area contributed by atoms with Crippen molar-refractivity contribution >= 4 is 17.4 Å². The van der Waals surface area contributed by atoms with Gasteiger partial charge >= 0.3 is 0 Å². The summed E-state index contributed by atoms with van der Waals surface area (Å²) in [6, 6.07) is 5.16. The summed E-state index contributed by atoms with van der Waals surface area (Å²) in [5.74, 6) is 1.82. The molecule has 1 atom stereocenters. The van der Waals surface area contributed by atoms with Crippen LogP contribution in [0, 0.1) is 0 Å². The van der Waals surface area contributed by atoms with Crippen molar-refractivity contribution in [3.05, 3.63) is 18.2 Å². The summed E-state index contributed by atoms with van der Waals surface area (Å²) in [5.41, 5.74) is 6.24. The summed E-state index contributed by atoms with van der Waals surface area (Å²) in [6.07, 6.45) is 1.46. The largest absolute Gasteiger partial charge is 0.493 e. The molecule has 90 valence electrons. The van der Waals surface area contributed by atoms with Gasteiger partial charge in [-0.1, -0.05) is 0 Å². The highest BCUT2D eigenvalue weighted by molar-refractivity contribution is 7.98. The summed E-state index contributed by atoms with van der Waals surface area (Å²) in [7, 11) is 1.56. The van der Waals surface area contributed by atoms with Crippen LogP contribution >= 0.6 is 11.8 Å². The van der Waals surface area contributed by atoms with Crippen molar-refractivity contribution in [2.75, 3.05) is 31.5 Å². The molecular weight excluding hydrogens is 226 g/mol. The number of anilines is 1. The van der Waals surface area contributed by atoms with Crippen LogP contribution in [0.3, 0.4) is 0 Å². The van der Waals surface area contributed by atoms with Gasteiger partial charge in [-0.15, -0.1) is 0 Å². The van der Waals surface area contributed by atoms with Gasteiger partial charge in [-0.3, -0.25) is 0 Å². The predicted octanol–water partition coefficient (Wildman–Crippen LogP) is 1.38. The van der Waals surface area contributed by atoms with E-state index in [9.17, 15) is 5.11 Å². The summed E-state index contributed by atoms with van der Waals surface area (Å²) in [5, 5.41) is 9.52. The fourth-order valence-corrected chi connectivity index (χ4v) is 1.71. The van der Waals surface area contributed by atoms with Crippen molar-refractivity contribution in [2.24, 2.45) is 0 Å². The number of ether oxygens (including phenoxy) is 2. The first-order valence-corrected chi connectivity index (χ1v) is 6.30. The van der Waals surface area contributed by atoms with Crippen molar-refractivity contribution in [3.63, 3.8) is 0 Å². The number of thioether (sulfide) groups is 1. The van der Waals surface area contributed by atoms with Gasteiger partial charge in [-0.05, 0) is 18.4 Å². The lowest BCUT2D eigenvalue weighted by atomic mass is 10.3. The van der Waals surface area contributed by atoms with Crippen molar-refractivity contribution < 1.29 is 14.6 Å². The number of benzene rings is 1. The molecule has 0 radical (unpaired) electrons. The van der Waals surface area contributed by atoms with E-state index in [0.717, 1.165) is 0 Å². The van der Waals surface area contributed by atoms with Gasteiger partial charge in [0.05, 0.1) is 13.2 Å². The van der Waals surface area contributed by atoms with Gasteiger partial charge in [0.2, 0.25) is 0 Å². The molecule has 0 aromatic heterocycles. The lowest BCUT2D eigenvalue weighted by molar-refractivity contribution is 0.124. The van der Waals surface area contributed by atoms with Crippen LogP contribution in [0.4, 0.5) is 5.69 Å². The minimum Gasteiger partial charge on any atom is -0.493 e. The molecule has 3 N–H and O–H groups in total. The topological polar surface area (TPSA) is 64.7 Å². The maximum atomic E-state index is 9.52. The second-order valence-electron chi connectivity index (χ2n) is 3.33. The van der Waals surface area contributed by atoms with Crippen molar-refractivity contribution in [1.82, 2.24) is 0 Å². The zero-order chi connectivity index (χ0) is 12.0. The molecule has 0 saturated carbocycles. The molecule has 0 spiro atoms. The van der Waals surface area contributed by atoms with E-state index in [0.29, 0.717) is 22.9 Å². The van der Waals surface area contributed by atoms with Crippen LogP contribution in [0.15, 0.2) is 18.2 Å². The minimum absolute atomic E-state index is 0.251. The Morgan fingerprint density at radius 1 is 1.44 bits per heavy atom. The number of hydrogen-bond acceptors (Lipinski definition) is 5. The molecule has 16 heavy (non-hydrogen) atoms. The Balaban J connectivity index is 2.59. The number of hydrogen-bond donors (Lipinski definition) is 2. The second-order valence-corrected chi connectivity index (χ2v) is 4.24. The molecule has 0 unspecified atom stereocenters. The fourth-order valence-electron chi connectivity index (χ4n) is 1.23. The van der Waals surface area contributed by atoms with Crippen LogP contribution in [0.25, 0.3) is 0 Å². The molecule has 1 rings (SSSR count). The molecule has 0 bridgehead atoms. The van der Waals surface area contributed by atoms with Gasteiger partial charge in [0.15, 0.2) is 11.5 Å². The normalized spacial score (nSPS) is 12.2. The van der Waals surface area contributed by atoms with Gasteiger partial charge in [-0.2, -0.15) is 11.8 Å². The Morgan fingerprint density at radius 2 is 2.19 bits per heavy atom. The number of aliphatic hydroxyl groups excluding tert-OH is 1. The van der Waals surface area contributed by atoms with Crippen LogP contribution in [-0.4, -0.2) is 36.9 Å². The van der Waals surface area contributed by atoms with E-state index in [1.54, 1.807) is 37.1 Å². The summed E-state index contributed by atoms with van der Waals surface area (Å²) >= 11 is 1.58. The maximum absolute atomic E-state index is 9.52. The fraction of sp³-hybridized carbons (Fsp3) is 0.455. The van der Waals surface area contributed by atoms with E-state index >= 15 is 0 Å². The van der Waals surface area contributed by atoms with Gasteiger partial charge in [-0.25, -0.2) is 0 Å². The average molecular weight is 243 g/mol. The van der Waals surface area contributed by atoms with Crippen LogP contribution in [-0.2, 0) is 0 Å². The third kappa shape index (κ3) is 3.83. The maximum Gasteiger partial charge on any atom is 0.162 e. The number of methoxy groups -OCH3 is 1. The van der Waals surface area contributed by atoms with E-state index in [-0.39, 0.29) is 6.61 Å². The van der Waals surface area contributed by atoms with Crippen molar-refractivity contribution in [3.8, 4) is 11.5 Å². The molecule has 5 heteroatoms. The quantitative estimate of drug-likeness (QED) is 0.739. The van der Waals surface area contributed by atoms with Crippen molar-refractivity contribution in [1.29, 1.82) is 0 Å². The SMILES string of the molecule is COc1cc(N)ccc1OC[C@H](O)CSC. The van der Waals surface area contributed by atoms with Gasteiger partial charge in [0.25, 0.3) is 0 Å². The molecular formula is C11H17NO3S. The third-order valence-electron chi connectivity index (χ3n) is 1.98. The highest BCUT2D eigenvalue weighted by atomic mass is 32.2. The Labute approximate surface area is 99.7 Å². The van der Waals surface area contributed by atoms with E-state index in [4.69, 9.17) is 15.2 Å². The molecule has 1 aromatic carbocycles. The predicted molar refractivity (Wildman–Crippen MR) is 67.3 cm³/mol. The van der Waals surface area contributed by atoms with Crippen LogP contribution in [0.2, 0.25) is 0 Å². The Hall–Kier alpha value is -1.07. The van der Waals surface area contributed by atoms with Crippen molar-refractivity contribution in [2.45, 2.75) is 6.10 Å². The molecule has 0 aliphatic heterocycles. The Kier molecular flexibility index (Phi) is 5.28. The zero-order valence-corrected chi connectivity index (χ0v) is 10.3. The molecule has 0 amide bonds. The zero-order valence-electron chi connectivity index (χ0n) is 9.47. The third-order valence-corrected chi connectivity index (χ3v) is 2.70. The Bertz CT molecular complexity index is 333. The monoisotopic (exact) mass is 243 g/mol. The van der Waals surface area contributed by atoms with Crippen LogP contribution in [0.5, 0.6) is 11.5 Å². The standard InChI is InChI=1S/C11H17NO3S/c1-14-11-5-8(12)3-4-10(11)15-6-9(13)7-16-2/h3-5,9,13H,6-7,12H2,1-2H3/t9-/m0/s1. The highest BCUT2D eigenvalue weighted by Crippen LogP contribution is 2.29. The molecule has 0 fully saturated rings. The van der Waals surface area contributed by atoms with Gasteiger partial charge < -0.3 is 20.3 Å². The highest BCUT2D eigenvalue weighted by Gasteiger charge is 2.08. The first kappa shape index (κ1) is 13.0. The molecule has 1 aromatic rings. The molecule has 0 aliphatic carbocycles. The minimum atomic E-state index is -0.475. The number of rotatable bonds is 6. The summed E-state index contributed by atoms with van der Waals surface area (Å²) in [4.78, 5) is 0. The van der Waals surface area contributed by atoms with Crippen LogP contribution < -0.4 is 15.2 Å². The lowest BCUT2D eigenvalue weighted by Gasteiger charge is -2.13. The molecule has 0 heterocycles. The van der Waals surface area contributed by atoms with E-state index < -0.39 is 6.10 Å². The lowest BCUT2D eigenvalue weighted by Crippen LogP contribution is -2.20. The van der Waals surface area contributed by atoms with E-state index in [1.165, 1.54) is 0 Å². The van der Waals surface area contributed by atoms with E-state index in [2.05, 4.69) is 0 Å². The van der Waals surface area contributed by atoms with Gasteiger partial charge in [0, 0.05) is 17.5 Å². The number of aliphatic hydroxyl groups is 1.